The van der Waals surface area contributed by atoms with E-state index in [0.717, 1.165) is 18.0 Å². The molecule has 1 fully saturated rings. The van der Waals surface area contributed by atoms with Crippen LogP contribution in [-0.4, -0.2) is 13.2 Å². The zero-order valence-electron chi connectivity index (χ0n) is 12.5. The Balaban J connectivity index is 1.91. The molecule has 0 aromatic heterocycles. The molecule has 1 aromatic rings. The van der Waals surface area contributed by atoms with Crippen LogP contribution in [0.3, 0.4) is 0 Å². The number of hydrogen-bond acceptors (Lipinski definition) is 3. The number of benzene rings is 1. The quantitative estimate of drug-likeness (QED) is 0.890. The SMILES string of the molecule is COc1ccc(CN[C@@H](C)C2CCCCC2)cc1C#N. The minimum Gasteiger partial charge on any atom is -0.495 e. The molecule has 0 radical (unpaired) electrons. The molecule has 2 rings (SSSR count). The number of hydrogen-bond donors (Lipinski definition) is 1. The lowest BCUT2D eigenvalue weighted by atomic mass is 9.84. The number of methoxy groups -OCH3 is 1. The fourth-order valence-electron chi connectivity index (χ4n) is 3.03. The van der Waals surface area contributed by atoms with Gasteiger partial charge in [-0.3, -0.25) is 0 Å². The molecule has 1 aliphatic carbocycles. The highest BCUT2D eigenvalue weighted by Crippen LogP contribution is 2.26. The fourth-order valence-corrected chi connectivity index (χ4v) is 3.03. The van der Waals surface area contributed by atoms with Crippen LogP contribution in [0.5, 0.6) is 5.75 Å². The topological polar surface area (TPSA) is 45.0 Å². The Morgan fingerprint density at radius 2 is 2.10 bits per heavy atom. The standard InChI is InChI=1S/C17H24N2O/c1-13(15-6-4-3-5-7-15)19-12-14-8-9-17(20-2)16(10-14)11-18/h8-10,13,15,19H,3-7,12H2,1-2H3/t13-/m0/s1. The Kier molecular flexibility index (Phi) is 5.43. The summed E-state index contributed by atoms with van der Waals surface area (Å²) in [6.45, 7) is 3.10. The Labute approximate surface area is 121 Å². The lowest BCUT2D eigenvalue weighted by molar-refractivity contribution is 0.280. The van der Waals surface area contributed by atoms with Gasteiger partial charge in [0, 0.05) is 12.6 Å². The Bertz CT molecular complexity index is 472. The Hall–Kier alpha value is -1.53. The molecule has 0 spiro atoms. The van der Waals surface area contributed by atoms with Crippen LogP contribution in [0.25, 0.3) is 0 Å². The van der Waals surface area contributed by atoms with E-state index >= 15 is 0 Å². The molecule has 1 N–H and O–H groups in total. The van der Waals surface area contributed by atoms with E-state index in [1.807, 2.05) is 18.2 Å². The second-order valence-corrected chi connectivity index (χ2v) is 5.71. The van der Waals surface area contributed by atoms with Crippen LogP contribution < -0.4 is 10.1 Å². The van der Waals surface area contributed by atoms with Crippen LogP contribution in [0.4, 0.5) is 0 Å². The number of nitriles is 1. The predicted molar refractivity (Wildman–Crippen MR) is 80.6 cm³/mol. The molecular weight excluding hydrogens is 248 g/mol. The lowest BCUT2D eigenvalue weighted by Crippen LogP contribution is -2.34. The minimum atomic E-state index is 0.544. The van der Waals surface area contributed by atoms with Crippen molar-refractivity contribution in [3.05, 3.63) is 29.3 Å². The van der Waals surface area contributed by atoms with Crippen molar-refractivity contribution in [2.75, 3.05) is 7.11 Å². The summed E-state index contributed by atoms with van der Waals surface area (Å²) in [6.07, 6.45) is 6.84. The predicted octanol–water partition coefficient (Wildman–Crippen LogP) is 3.63. The monoisotopic (exact) mass is 272 g/mol. The van der Waals surface area contributed by atoms with Crippen molar-refractivity contribution >= 4 is 0 Å². The number of nitrogens with one attached hydrogen (secondary N) is 1. The summed E-state index contributed by atoms with van der Waals surface area (Å²) >= 11 is 0. The van der Waals surface area contributed by atoms with Crippen LogP contribution >= 0.6 is 0 Å². The molecule has 0 amide bonds. The third-order valence-electron chi connectivity index (χ3n) is 4.37. The van der Waals surface area contributed by atoms with Gasteiger partial charge in [-0.15, -0.1) is 0 Å². The summed E-state index contributed by atoms with van der Waals surface area (Å²) in [5, 5.41) is 12.7. The average Bonchev–Trinajstić information content (AvgIpc) is 2.53. The number of ether oxygens (including phenoxy) is 1. The van der Waals surface area contributed by atoms with Crippen molar-refractivity contribution in [3.8, 4) is 11.8 Å². The maximum atomic E-state index is 9.10. The van der Waals surface area contributed by atoms with Crippen LogP contribution in [0.15, 0.2) is 18.2 Å². The molecule has 3 heteroatoms. The largest absolute Gasteiger partial charge is 0.495 e. The third kappa shape index (κ3) is 3.74. The van der Waals surface area contributed by atoms with Gasteiger partial charge in [-0.2, -0.15) is 5.26 Å². The fraction of sp³-hybridized carbons (Fsp3) is 0.588. The summed E-state index contributed by atoms with van der Waals surface area (Å²) in [6, 6.07) is 8.55. The van der Waals surface area contributed by atoms with E-state index in [0.29, 0.717) is 17.4 Å². The van der Waals surface area contributed by atoms with Gasteiger partial charge < -0.3 is 10.1 Å². The molecule has 1 atom stereocenters. The van der Waals surface area contributed by atoms with Crippen molar-refractivity contribution in [1.29, 1.82) is 5.26 Å². The molecular formula is C17H24N2O. The molecule has 0 bridgehead atoms. The Morgan fingerprint density at radius 1 is 1.35 bits per heavy atom. The highest BCUT2D eigenvalue weighted by atomic mass is 16.5. The van der Waals surface area contributed by atoms with Crippen molar-refractivity contribution in [1.82, 2.24) is 5.32 Å². The summed E-state index contributed by atoms with van der Waals surface area (Å²) in [7, 11) is 1.60. The van der Waals surface area contributed by atoms with Gasteiger partial charge in [-0.25, -0.2) is 0 Å². The van der Waals surface area contributed by atoms with Crippen molar-refractivity contribution in [2.24, 2.45) is 5.92 Å². The second kappa shape index (κ2) is 7.31. The van der Waals surface area contributed by atoms with E-state index in [-0.39, 0.29) is 0 Å². The molecule has 0 heterocycles. The van der Waals surface area contributed by atoms with Gasteiger partial charge in [-0.1, -0.05) is 25.3 Å². The van der Waals surface area contributed by atoms with Gasteiger partial charge in [0.2, 0.25) is 0 Å². The van der Waals surface area contributed by atoms with E-state index in [1.54, 1.807) is 7.11 Å². The van der Waals surface area contributed by atoms with Gasteiger partial charge in [0.15, 0.2) is 0 Å². The third-order valence-corrected chi connectivity index (χ3v) is 4.37. The zero-order valence-corrected chi connectivity index (χ0v) is 12.5. The Morgan fingerprint density at radius 3 is 2.75 bits per heavy atom. The van der Waals surface area contributed by atoms with E-state index in [9.17, 15) is 0 Å². The van der Waals surface area contributed by atoms with Gasteiger partial charge >= 0.3 is 0 Å². The van der Waals surface area contributed by atoms with Crippen LogP contribution in [-0.2, 0) is 6.54 Å². The van der Waals surface area contributed by atoms with Gasteiger partial charge in [-0.05, 0) is 43.4 Å². The first-order valence-electron chi connectivity index (χ1n) is 7.55. The van der Waals surface area contributed by atoms with Gasteiger partial charge in [0.05, 0.1) is 12.7 Å². The van der Waals surface area contributed by atoms with E-state index in [1.165, 1.54) is 32.1 Å². The second-order valence-electron chi connectivity index (χ2n) is 5.71. The summed E-state index contributed by atoms with van der Waals surface area (Å²) in [5.41, 5.74) is 1.75. The minimum absolute atomic E-state index is 0.544. The smallest absolute Gasteiger partial charge is 0.136 e. The maximum Gasteiger partial charge on any atom is 0.136 e. The van der Waals surface area contributed by atoms with Crippen molar-refractivity contribution in [2.45, 2.75) is 51.6 Å². The summed E-state index contributed by atoms with van der Waals surface area (Å²) < 4.78 is 5.17. The first-order chi connectivity index (χ1) is 9.74. The summed E-state index contributed by atoms with van der Waals surface area (Å²) in [5.74, 6) is 1.45. The zero-order chi connectivity index (χ0) is 14.4. The average molecular weight is 272 g/mol. The van der Waals surface area contributed by atoms with Gasteiger partial charge in [0.25, 0.3) is 0 Å². The van der Waals surface area contributed by atoms with Crippen LogP contribution in [0, 0.1) is 17.2 Å². The lowest BCUT2D eigenvalue weighted by Gasteiger charge is -2.28. The van der Waals surface area contributed by atoms with E-state index in [2.05, 4.69) is 18.3 Å². The normalized spacial score (nSPS) is 17.4. The number of rotatable bonds is 5. The molecule has 0 unspecified atom stereocenters. The molecule has 0 aliphatic heterocycles. The van der Waals surface area contributed by atoms with Crippen molar-refractivity contribution in [3.63, 3.8) is 0 Å². The van der Waals surface area contributed by atoms with E-state index in [4.69, 9.17) is 10.00 Å². The first kappa shape index (κ1) is 14.9. The molecule has 20 heavy (non-hydrogen) atoms. The number of nitrogens with zero attached hydrogens (tertiary/aromatic N) is 1. The molecule has 3 nitrogen and oxygen atoms in total. The summed E-state index contributed by atoms with van der Waals surface area (Å²) in [4.78, 5) is 0. The maximum absolute atomic E-state index is 9.10. The molecule has 1 saturated carbocycles. The highest BCUT2D eigenvalue weighted by molar-refractivity contribution is 5.45. The molecule has 108 valence electrons. The molecule has 0 saturated heterocycles. The molecule has 1 aromatic carbocycles. The van der Waals surface area contributed by atoms with E-state index < -0.39 is 0 Å². The molecule has 1 aliphatic rings. The van der Waals surface area contributed by atoms with Gasteiger partial charge in [0.1, 0.15) is 11.8 Å². The highest BCUT2D eigenvalue weighted by Gasteiger charge is 2.19. The first-order valence-corrected chi connectivity index (χ1v) is 7.55. The van der Waals surface area contributed by atoms with Crippen LogP contribution in [0.1, 0.15) is 50.2 Å². The van der Waals surface area contributed by atoms with Crippen molar-refractivity contribution < 1.29 is 4.74 Å². The van der Waals surface area contributed by atoms with Crippen LogP contribution in [0.2, 0.25) is 0 Å².